The molecule has 374 valence electrons. The highest BCUT2D eigenvalue weighted by atomic mass is 31.2. The second-order valence-corrected chi connectivity index (χ2v) is 20.3. The highest BCUT2D eigenvalue weighted by Gasteiger charge is 2.56. The van der Waals surface area contributed by atoms with Gasteiger partial charge in [-0.3, -0.25) is 27.7 Å². The first-order valence-electron chi connectivity index (χ1n) is 23.0. The van der Waals surface area contributed by atoms with E-state index in [4.69, 9.17) is 24.3 Å². The molecule has 0 amide bonds. The fourth-order valence-corrected chi connectivity index (χ4v) is 9.40. The summed E-state index contributed by atoms with van der Waals surface area (Å²) in [5.41, 5.74) is 5.53. The highest BCUT2D eigenvalue weighted by molar-refractivity contribution is 7.47. The van der Waals surface area contributed by atoms with Crippen molar-refractivity contribution in [1.82, 2.24) is 0 Å². The molecule has 20 nitrogen and oxygen atoms in total. The van der Waals surface area contributed by atoms with Gasteiger partial charge in [-0.25, -0.2) is 13.7 Å². The smallest absolute Gasteiger partial charge is 0.462 e. The number of unbranched alkanes of at least 4 members (excludes halogenated alkanes) is 23. The van der Waals surface area contributed by atoms with Crippen molar-refractivity contribution in [2.75, 3.05) is 19.8 Å². The van der Waals surface area contributed by atoms with Gasteiger partial charge < -0.3 is 55.0 Å². The Morgan fingerprint density at radius 2 is 0.857 bits per heavy atom. The van der Waals surface area contributed by atoms with Crippen LogP contribution < -0.4 is 5.73 Å². The number of aliphatic hydroxyl groups is 3. The van der Waals surface area contributed by atoms with Crippen LogP contribution in [-0.4, -0.2) is 114 Å². The largest absolute Gasteiger partial charge is 0.472 e. The SMILES string of the molecule is CCCCCCCCCCCCCCCC(=O)O[C@H](COC(=O)CCCCCCCCCCCCCCN)COP(=O)(O)OC1C(O)[C@@H](OP(=O)(O)O)C(OP(=O)(O)O)[C@@H](O)[C@H]1O. The molecule has 63 heavy (non-hydrogen) atoms. The molecule has 1 saturated carbocycles. The van der Waals surface area contributed by atoms with Crippen molar-refractivity contribution in [2.24, 2.45) is 5.73 Å². The molecular weight excluding hydrogens is 891 g/mol. The number of hydrogen-bond acceptors (Lipinski definition) is 15. The number of ether oxygens (including phenoxy) is 2. The minimum Gasteiger partial charge on any atom is -0.462 e. The lowest BCUT2D eigenvalue weighted by atomic mass is 9.85. The van der Waals surface area contributed by atoms with Gasteiger partial charge in [0.2, 0.25) is 0 Å². The second kappa shape index (κ2) is 34.4. The fraction of sp³-hybridized carbons (Fsp3) is 0.950. The number of rotatable bonds is 40. The van der Waals surface area contributed by atoms with Crippen molar-refractivity contribution in [2.45, 2.75) is 223 Å². The molecule has 0 aromatic carbocycles. The molecule has 0 bridgehead atoms. The molecule has 1 rings (SSSR count). The van der Waals surface area contributed by atoms with Crippen LogP contribution in [0.2, 0.25) is 0 Å². The minimum atomic E-state index is -5.60. The maximum atomic E-state index is 13.1. The molecule has 0 heterocycles. The summed E-state index contributed by atoms with van der Waals surface area (Å²) >= 11 is 0. The van der Waals surface area contributed by atoms with E-state index in [2.05, 4.69) is 16.0 Å². The fourth-order valence-electron chi connectivity index (χ4n) is 7.30. The van der Waals surface area contributed by atoms with Crippen LogP contribution in [-0.2, 0) is 50.9 Å². The first-order chi connectivity index (χ1) is 29.8. The number of esters is 2. The van der Waals surface area contributed by atoms with Crippen molar-refractivity contribution >= 4 is 35.4 Å². The van der Waals surface area contributed by atoms with E-state index in [-0.39, 0.29) is 12.8 Å². The van der Waals surface area contributed by atoms with E-state index in [0.717, 1.165) is 77.2 Å². The first-order valence-corrected chi connectivity index (χ1v) is 27.6. The number of carbonyl (C=O) groups is 2. The standard InChI is InChI=1S/C40H80NO19P3/c1-2-3-4-5-6-7-8-9-13-16-19-22-25-28-34(43)57-32(30-55-33(42)27-24-21-18-15-12-10-11-14-17-20-23-26-29-41)31-56-63(53,54)60-38-35(44)36(45)39(58-61(47,48)49)40(37(38)46)59-62(50,51)52/h32,35-40,44-46H,2-31,41H2,1H3,(H,53,54)(H2,47,48,49)(H2,50,51,52)/t32-,35-,36+,37?,38?,39?,40-/m1/s1. The van der Waals surface area contributed by atoms with Crippen molar-refractivity contribution < 1.29 is 90.6 Å². The molecule has 0 spiro atoms. The number of carbonyl (C=O) groups excluding carboxylic acids is 2. The summed E-state index contributed by atoms with van der Waals surface area (Å²) < 4.78 is 65.4. The van der Waals surface area contributed by atoms with Crippen molar-refractivity contribution in [3.8, 4) is 0 Å². The van der Waals surface area contributed by atoms with Gasteiger partial charge in [-0.15, -0.1) is 0 Å². The van der Waals surface area contributed by atoms with Crippen LogP contribution in [0.3, 0.4) is 0 Å². The molecule has 0 radical (unpaired) electrons. The Labute approximate surface area is 373 Å². The normalized spacial score (nSPS) is 22.1. The van der Waals surface area contributed by atoms with E-state index >= 15 is 0 Å². The van der Waals surface area contributed by atoms with Crippen LogP contribution in [0, 0.1) is 0 Å². The van der Waals surface area contributed by atoms with Crippen LogP contribution >= 0.6 is 23.5 Å². The lowest BCUT2D eigenvalue weighted by molar-refractivity contribution is -0.213. The van der Waals surface area contributed by atoms with Crippen LogP contribution in [0.15, 0.2) is 0 Å². The number of phosphoric acid groups is 3. The zero-order valence-corrected chi connectivity index (χ0v) is 39.9. The predicted octanol–water partition coefficient (Wildman–Crippen LogP) is 6.51. The van der Waals surface area contributed by atoms with Crippen molar-refractivity contribution in [1.29, 1.82) is 0 Å². The summed E-state index contributed by atoms with van der Waals surface area (Å²) in [6, 6.07) is 0. The molecule has 0 aliphatic heterocycles. The molecule has 0 saturated heterocycles. The Bertz CT molecular complexity index is 1350. The van der Waals surface area contributed by atoms with Gasteiger partial charge in [0.25, 0.3) is 0 Å². The summed E-state index contributed by atoms with van der Waals surface area (Å²) in [6.45, 7) is 1.46. The molecule has 10 N–H and O–H groups in total. The number of hydrogen-bond donors (Lipinski definition) is 9. The zero-order valence-electron chi connectivity index (χ0n) is 37.2. The quantitative estimate of drug-likeness (QED) is 0.0179. The van der Waals surface area contributed by atoms with Crippen molar-refractivity contribution in [3.05, 3.63) is 0 Å². The maximum absolute atomic E-state index is 13.1. The van der Waals surface area contributed by atoms with Gasteiger partial charge in [-0.1, -0.05) is 148 Å². The van der Waals surface area contributed by atoms with Crippen LogP contribution in [0.4, 0.5) is 0 Å². The Balaban J connectivity index is 2.74. The third kappa shape index (κ3) is 30.9. The highest BCUT2D eigenvalue weighted by Crippen LogP contribution is 2.51. The van der Waals surface area contributed by atoms with E-state index in [1.54, 1.807) is 0 Å². The third-order valence-electron chi connectivity index (χ3n) is 10.8. The lowest BCUT2D eigenvalue weighted by Crippen LogP contribution is -2.65. The summed E-state index contributed by atoms with van der Waals surface area (Å²) in [7, 11) is -16.6. The van der Waals surface area contributed by atoms with Crippen molar-refractivity contribution in [3.63, 3.8) is 0 Å². The van der Waals surface area contributed by atoms with Gasteiger partial charge in [-0.05, 0) is 25.8 Å². The molecular formula is C40H80NO19P3. The number of nitrogens with two attached hydrogens (primary N) is 1. The van der Waals surface area contributed by atoms with E-state index in [9.17, 15) is 63.1 Å². The molecule has 0 aromatic rings. The van der Waals surface area contributed by atoms with Gasteiger partial charge in [0.1, 0.15) is 43.2 Å². The Morgan fingerprint density at radius 3 is 1.27 bits per heavy atom. The summed E-state index contributed by atoms with van der Waals surface area (Å²) in [5.74, 6) is -1.30. The molecule has 0 aromatic heterocycles. The van der Waals surface area contributed by atoms with Gasteiger partial charge in [0, 0.05) is 12.8 Å². The van der Waals surface area contributed by atoms with Crippen LogP contribution in [0.1, 0.15) is 180 Å². The summed E-state index contributed by atoms with van der Waals surface area (Å²) in [5, 5.41) is 31.8. The molecule has 1 aliphatic carbocycles. The number of phosphoric ester groups is 3. The van der Waals surface area contributed by atoms with Crippen LogP contribution in [0.5, 0.6) is 0 Å². The lowest BCUT2D eigenvalue weighted by Gasteiger charge is -2.44. The maximum Gasteiger partial charge on any atom is 0.472 e. The molecule has 1 aliphatic rings. The Kier molecular flexibility index (Phi) is 32.8. The van der Waals surface area contributed by atoms with Gasteiger partial charge in [0.15, 0.2) is 6.10 Å². The topological polar surface area (TPSA) is 329 Å². The number of aliphatic hydroxyl groups excluding tert-OH is 3. The summed E-state index contributed by atoms with van der Waals surface area (Å²) in [4.78, 5) is 73.0. The molecule has 8 atom stereocenters. The Morgan fingerprint density at radius 1 is 0.492 bits per heavy atom. The second-order valence-electron chi connectivity index (χ2n) is 16.5. The molecule has 23 heteroatoms. The monoisotopic (exact) mass is 971 g/mol. The van der Waals surface area contributed by atoms with Gasteiger partial charge >= 0.3 is 35.4 Å². The summed E-state index contributed by atoms with van der Waals surface area (Å²) in [6.07, 6.45) is 10.8. The average molecular weight is 972 g/mol. The van der Waals surface area contributed by atoms with Gasteiger partial charge in [-0.2, -0.15) is 0 Å². The molecule has 4 unspecified atom stereocenters. The Hall–Kier alpha value is -0.890. The first kappa shape index (κ1) is 60.1. The predicted molar refractivity (Wildman–Crippen MR) is 233 cm³/mol. The van der Waals surface area contributed by atoms with Gasteiger partial charge in [0.05, 0.1) is 6.61 Å². The van der Waals surface area contributed by atoms with E-state index < -0.39 is 91.3 Å². The third-order valence-corrected chi connectivity index (χ3v) is 12.8. The van der Waals surface area contributed by atoms with Crippen LogP contribution in [0.25, 0.3) is 0 Å². The molecule has 1 fully saturated rings. The average Bonchev–Trinajstić information content (AvgIpc) is 3.20. The van der Waals surface area contributed by atoms with E-state index in [1.807, 2.05) is 0 Å². The van der Waals surface area contributed by atoms with E-state index in [0.29, 0.717) is 12.8 Å². The zero-order chi connectivity index (χ0) is 47.2. The van der Waals surface area contributed by atoms with E-state index in [1.165, 1.54) is 77.0 Å². The minimum absolute atomic E-state index is 0.00143.